The Morgan fingerprint density at radius 3 is 2.36 bits per heavy atom. The highest BCUT2D eigenvalue weighted by Gasteiger charge is 2.09. The van der Waals surface area contributed by atoms with E-state index in [2.05, 4.69) is 5.32 Å². The summed E-state index contributed by atoms with van der Waals surface area (Å²) in [6, 6.07) is 12.9. The molecule has 6 heteroatoms. The number of amides is 1. The Labute approximate surface area is 144 Å². The number of anilines is 1. The van der Waals surface area contributed by atoms with Gasteiger partial charge in [-0.3, -0.25) is 4.79 Å². The molecule has 22 heavy (non-hydrogen) atoms. The molecule has 1 amide bonds. The van der Waals surface area contributed by atoms with E-state index in [0.717, 1.165) is 17.1 Å². The maximum atomic E-state index is 11.9. The molecule has 0 spiro atoms. The van der Waals surface area contributed by atoms with Crippen LogP contribution in [0.25, 0.3) is 0 Å². The molecule has 0 aromatic heterocycles. The summed E-state index contributed by atoms with van der Waals surface area (Å²) in [7, 11) is 1.63. The number of hydrogen-bond donors (Lipinski definition) is 1. The predicted molar refractivity (Wildman–Crippen MR) is 94.2 cm³/mol. The van der Waals surface area contributed by atoms with Gasteiger partial charge < -0.3 is 10.1 Å². The van der Waals surface area contributed by atoms with Crippen LogP contribution in [0.1, 0.15) is 5.56 Å². The van der Waals surface area contributed by atoms with Crippen LogP contribution in [0.4, 0.5) is 5.69 Å². The van der Waals surface area contributed by atoms with Gasteiger partial charge in [0.1, 0.15) is 5.75 Å². The molecule has 0 unspecified atom stereocenters. The number of hydrogen-bond acceptors (Lipinski definition) is 3. The SMILES string of the molecule is COc1ccc(CSCC(=O)Nc2c(Cl)cccc2Cl)cc1. The van der Waals surface area contributed by atoms with Gasteiger partial charge in [-0.1, -0.05) is 41.4 Å². The molecule has 2 rings (SSSR count). The maximum Gasteiger partial charge on any atom is 0.234 e. The fourth-order valence-electron chi connectivity index (χ4n) is 1.78. The average Bonchev–Trinajstić information content (AvgIpc) is 2.52. The highest BCUT2D eigenvalue weighted by Crippen LogP contribution is 2.30. The van der Waals surface area contributed by atoms with Crippen molar-refractivity contribution >= 4 is 46.6 Å². The fraction of sp³-hybridized carbons (Fsp3) is 0.188. The third-order valence-corrected chi connectivity index (χ3v) is 4.52. The van der Waals surface area contributed by atoms with Gasteiger partial charge in [-0.2, -0.15) is 0 Å². The molecule has 0 aliphatic heterocycles. The van der Waals surface area contributed by atoms with E-state index in [0.29, 0.717) is 21.5 Å². The lowest BCUT2D eigenvalue weighted by Gasteiger charge is -2.09. The van der Waals surface area contributed by atoms with Crippen LogP contribution >= 0.6 is 35.0 Å². The van der Waals surface area contributed by atoms with Gasteiger partial charge in [0.25, 0.3) is 0 Å². The Kier molecular flexibility index (Phi) is 6.43. The van der Waals surface area contributed by atoms with Crippen LogP contribution in [0, 0.1) is 0 Å². The maximum absolute atomic E-state index is 11.9. The molecule has 116 valence electrons. The monoisotopic (exact) mass is 355 g/mol. The first-order valence-electron chi connectivity index (χ1n) is 6.54. The number of para-hydroxylation sites is 1. The molecule has 0 fully saturated rings. The first kappa shape index (κ1) is 17.0. The Balaban J connectivity index is 1.82. The van der Waals surface area contributed by atoms with Gasteiger partial charge in [-0.15, -0.1) is 11.8 Å². The minimum atomic E-state index is -0.131. The smallest absolute Gasteiger partial charge is 0.234 e. The first-order valence-corrected chi connectivity index (χ1v) is 8.45. The zero-order valence-corrected chi connectivity index (χ0v) is 14.3. The van der Waals surface area contributed by atoms with E-state index in [9.17, 15) is 4.79 Å². The first-order chi connectivity index (χ1) is 10.6. The van der Waals surface area contributed by atoms with E-state index in [1.807, 2.05) is 24.3 Å². The van der Waals surface area contributed by atoms with Crippen molar-refractivity contribution < 1.29 is 9.53 Å². The summed E-state index contributed by atoms with van der Waals surface area (Å²) in [5.41, 5.74) is 1.59. The van der Waals surface area contributed by atoms with Crippen molar-refractivity contribution in [3.8, 4) is 5.75 Å². The Bertz CT molecular complexity index is 627. The van der Waals surface area contributed by atoms with E-state index < -0.39 is 0 Å². The van der Waals surface area contributed by atoms with Crippen molar-refractivity contribution in [2.24, 2.45) is 0 Å². The molecule has 0 atom stereocenters. The van der Waals surface area contributed by atoms with E-state index in [1.165, 1.54) is 11.8 Å². The highest BCUT2D eigenvalue weighted by molar-refractivity contribution is 7.99. The van der Waals surface area contributed by atoms with Crippen molar-refractivity contribution in [3.05, 3.63) is 58.1 Å². The van der Waals surface area contributed by atoms with Crippen LogP contribution in [0.2, 0.25) is 10.0 Å². The third kappa shape index (κ3) is 4.83. The van der Waals surface area contributed by atoms with Crippen LogP contribution in [0.15, 0.2) is 42.5 Å². The van der Waals surface area contributed by atoms with E-state index in [1.54, 1.807) is 25.3 Å². The average molecular weight is 356 g/mol. The standard InChI is InChI=1S/C16H15Cl2NO2S/c1-21-12-7-5-11(6-8-12)9-22-10-15(20)19-16-13(17)3-2-4-14(16)18/h2-8H,9-10H2,1H3,(H,19,20). The Hall–Kier alpha value is -1.36. The lowest BCUT2D eigenvalue weighted by Crippen LogP contribution is -2.14. The molecular formula is C16H15Cl2NO2S. The van der Waals surface area contributed by atoms with Gasteiger partial charge in [0.05, 0.1) is 28.6 Å². The molecule has 3 nitrogen and oxygen atoms in total. The molecule has 0 bridgehead atoms. The van der Waals surface area contributed by atoms with Crippen molar-refractivity contribution in [1.82, 2.24) is 0 Å². The predicted octanol–water partition coefficient (Wildman–Crippen LogP) is 4.87. The quantitative estimate of drug-likeness (QED) is 0.802. The molecule has 0 aliphatic rings. The number of carbonyl (C=O) groups excluding carboxylic acids is 1. The summed E-state index contributed by atoms with van der Waals surface area (Å²) < 4.78 is 5.10. The highest BCUT2D eigenvalue weighted by atomic mass is 35.5. The second-order valence-electron chi connectivity index (χ2n) is 4.49. The zero-order chi connectivity index (χ0) is 15.9. The molecule has 0 aliphatic carbocycles. The number of carbonyl (C=O) groups is 1. The molecule has 1 N–H and O–H groups in total. The topological polar surface area (TPSA) is 38.3 Å². The van der Waals surface area contributed by atoms with Crippen molar-refractivity contribution in [2.45, 2.75) is 5.75 Å². The van der Waals surface area contributed by atoms with Crippen LogP contribution in [-0.4, -0.2) is 18.8 Å². The largest absolute Gasteiger partial charge is 0.497 e. The number of nitrogens with one attached hydrogen (secondary N) is 1. The summed E-state index contributed by atoms with van der Waals surface area (Å²) in [5.74, 6) is 1.76. The Morgan fingerprint density at radius 2 is 1.77 bits per heavy atom. The van der Waals surface area contributed by atoms with E-state index in [-0.39, 0.29) is 5.91 Å². The number of halogens is 2. The summed E-state index contributed by atoms with van der Waals surface area (Å²) in [4.78, 5) is 11.9. The van der Waals surface area contributed by atoms with Crippen LogP contribution in [-0.2, 0) is 10.5 Å². The van der Waals surface area contributed by atoms with Gasteiger partial charge in [-0.25, -0.2) is 0 Å². The molecule has 2 aromatic rings. The summed E-state index contributed by atoms with van der Waals surface area (Å²) >= 11 is 13.5. The minimum absolute atomic E-state index is 0.131. The van der Waals surface area contributed by atoms with Crippen molar-refractivity contribution in [3.63, 3.8) is 0 Å². The third-order valence-electron chi connectivity index (χ3n) is 2.89. The van der Waals surface area contributed by atoms with E-state index in [4.69, 9.17) is 27.9 Å². The molecular weight excluding hydrogens is 341 g/mol. The molecule has 0 radical (unpaired) electrons. The summed E-state index contributed by atoms with van der Waals surface area (Å²) in [6.45, 7) is 0. The van der Waals surface area contributed by atoms with Gasteiger partial charge in [0.15, 0.2) is 0 Å². The minimum Gasteiger partial charge on any atom is -0.497 e. The number of rotatable bonds is 6. The van der Waals surface area contributed by atoms with Gasteiger partial charge in [0, 0.05) is 5.75 Å². The van der Waals surface area contributed by atoms with Gasteiger partial charge in [-0.05, 0) is 29.8 Å². The Morgan fingerprint density at radius 1 is 1.14 bits per heavy atom. The van der Waals surface area contributed by atoms with Crippen LogP contribution < -0.4 is 10.1 Å². The summed E-state index contributed by atoms with van der Waals surface area (Å²) in [6.07, 6.45) is 0. The second-order valence-corrected chi connectivity index (χ2v) is 6.29. The second kappa shape index (κ2) is 8.32. The summed E-state index contributed by atoms with van der Waals surface area (Å²) in [5, 5.41) is 3.60. The molecule has 0 heterocycles. The molecule has 0 saturated heterocycles. The fourth-order valence-corrected chi connectivity index (χ4v) is 3.06. The number of methoxy groups -OCH3 is 1. The van der Waals surface area contributed by atoms with Crippen molar-refractivity contribution in [1.29, 1.82) is 0 Å². The molecule has 0 saturated carbocycles. The van der Waals surface area contributed by atoms with Crippen LogP contribution in [0.5, 0.6) is 5.75 Å². The zero-order valence-electron chi connectivity index (χ0n) is 11.9. The molecule has 2 aromatic carbocycles. The lowest BCUT2D eigenvalue weighted by atomic mass is 10.2. The number of benzene rings is 2. The van der Waals surface area contributed by atoms with Crippen molar-refractivity contribution in [2.75, 3.05) is 18.2 Å². The normalized spacial score (nSPS) is 10.3. The number of ether oxygens (including phenoxy) is 1. The van der Waals surface area contributed by atoms with Gasteiger partial charge in [0.2, 0.25) is 5.91 Å². The lowest BCUT2D eigenvalue weighted by molar-refractivity contribution is -0.113. The van der Waals surface area contributed by atoms with Crippen LogP contribution in [0.3, 0.4) is 0 Å². The van der Waals surface area contributed by atoms with E-state index >= 15 is 0 Å². The number of thioether (sulfide) groups is 1. The van der Waals surface area contributed by atoms with Gasteiger partial charge >= 0.3 is 0 Å².